The predicted molar refractivity (Wildman–Crippen MR) is 109 cm³/mol. The van der Waals surface area contributed by atoms with E-state index in [1.54, 1.807) is 13.8 Å². The summed E-state index contributed by atoms with van der Waals surface area (Å²) in [6, 6.07) is 18.9. The van der Waals surface area contributed by atoms with Crippen LogP contribution < -0.4 is 0 Å². The van der Waals surface area contributed by atoms with Crippen molar-refractivity contribution in [1.82, 2.24) is 0 Å². The van der Waals surface area contributed by atoms with Crippen LogP contribution in [0.15, 0.2) is 60.7 Å². The van der Waals surface area contributed by atoms with Crippen LogP contribution in [0.4, 0.5) is 0 Å². The maximum absolute atomic E-state index is 12.8. The molecule has 7 nitrogen and oxygen atoms in total. The molecule has 4 rings (SSSR count). The SMILES string of the molecule is CC1(C(=O)OC(=O)C2(C)COC(c3ccccc3)OC2)COC(c2ccccc2)OC1. The Morgan fingerprint density at radius 3 is 1.32 bits per heavy atom. The fourth-order valence-electron chi connectivity index (χ4n) is 3.39. The summed E-state index contributed by atoms with van der Waals surface area (Å²) >= 11 is 0. The van der Waals surface area contributed by atoms with Gasteiger partial charge in [0.2, 0.25) is 0 Å². The molecule has 0 amide bonds. The highest BCUT2D eigenvalue weighted by molar-refractivity contribution is 5.91. The van der Waals surface area contributed by atoms with E-state index in [0.717, 1.165) is 11.1 Å². The lowest BCUT2D eigenvalue weighted by atomic mass is 9.90. The Balaban J connectivity index is 1.31. The molecule has 2 aromatic rings. The van der Waals surface area contributed by atoms with E-state index < -0.39 is 35.3 Å². The fourth-order valence-corrected chi connectivity index (χ4v) is 3.39. The molecule has 164 valence electrons. The molecular weight excluding hydrogens is 400 g/mol. The Kier molecular flexibility index (Phi) is 6.20. The van der Waals surface area contributed by atoms with Crippen molar-refractivity contribution in [2.45, 2.75) is 26.4 Å². The van der Waals surface area contributed by atoms with Crippen molar-refractivity contribution in [3.8, 4) is 0 Å². The van der Waals surface area contributed by atoms with Crippen molar-refractivity contribution < 1.29 is 33.3 Å². The van der Waals surface area contributed by atoms with Crippen LogP contribution in [-0.4, -0.2) is 38.4 Å². The highest BCUT2D eigenvalue weighted by Gasteiger charge is 2.47. The van der Waals surface area contributed by atoms with Crippen LogP contribution in [0, 0.1) is 10.8 Å². The third-order valence-electron chi connectivity index (χ3n) is 5.53. The molecule has 31 heavy (non-hydrogen) atoms. The van der Waals surface area contributed by atoms with E-state index in [1.807, 2.05) is 60.7 Å². The molecule has 2 fully saturated rings. The van der Waals surface area contributed by atoms with E-state index in [1.165, 1.54) is 0 Å². The van der Waals surface area contributed by atoms with Crippen LogP contribution in [0.25, 0.3) is 0 Å². The van der Waals surface area contributed by atoms with E-state index in [9.17, 15) is 9.59 Å². The maximum atomic E-state index is 12.8. The number of hydrogen-bond acceptors (Lipinski definition) is 7. The highest BCUT2D eigenvalue weighted by atomic mass is 16.7. The topological polar surface area (TPSA) is 80.3 Å². The summed E-state index contributed by atoms with van der Waals surface area (Å²) in [6.45, 7) is 3.64. The van der Waals surface area contributed by atoms with E-state index in [4.69, 9.17) is 23.7 Å². The van der Waals surface area contributed by atoms with Crippen LogP contribution >= 0.6 is 0 Å². The van der Waals surface area contributed by atoms with Gasteiger partial charge >= 0.3 is 11.9 Å². The smallest absolute Gasteiger partial charge is 0.324 e. The zero-order chi connectivity index (χ0) is 21.9. The second-order valence-corrected chi connectivity index (χ2v) is 8.53. The van der Waals surface area contributed by atoms with Crippen molar-refractivity contribution in [1.29, 1.82) is 0 Å². The lowest BCUT2D eigenvalue weighted by molar-refractivity contribution is -0.245. The number of carbonyl (C=O) groups excluding carboxylic acids is 2. The van der Waals surface area contributed by atoms with Crippen LogP contribution in [0.3, 0.4) is 0 Å². The first-order chi connectivity index (χ1) is 14.9. The molecule has 7 heteroatoms. The van der Waals surface area contributed by atoms with Gasteiger partial charge in [0.25, 0.3) is 0 Å². The number of esters is 2. The average molecular weight is 426 g/mol. The van der Waals surface area contributed by atoms with Gasteiger partial charge in [0.05, 0.1) is 26.4 Å². The minimum Gasteiger partial charge on any atom is -0.392 e. The van der Waals surface area contributed by atoms with E-state index in [-0.39, 0.29) is 26.4 Å². The Morgan fingerprint density at radius 1 is 0.677 bits per heavy atom. The standard InChI is InChI=1S/C24H26O7/c1-23(13-27-19(28-14-23)17-9-5-3-6-10-17)21(25)31-22(26)24(2)15-29-20(30-16-24)18-11-7-4-8-12-18/h3-12,19-20H,13-16H2,1-2H3. The third kappa shape index (κ3) is 4.70. The van der Waals surface area contributed by atoms with Gasteiger partial charge < -0.3 is 23.7 Å². The van der Waals surface area contributed by atoms with Crippen LogP contribution in [0.1, 0.15) is 37.6 Å². The van der Waals surface area contributed by atoms with Gasteiger partial charge in [-0.25, -0.2) is 0 Å². The lowest BCUT2D eigenvalue weighted by Crippen LogP contribution is -2.48. The molecule has 0 spiro atoms. The molecular formula is C24H26O7. The second-order valence-electron chi connectivity index (χ2n) is 8.53. The summed E-state index contributed by atoms with van der Waals surface area (Å²) in [5.74, 6) is -1.37. The zero-order valence-electron chi connectivity index (χ0n) is 17.6. The number of hydrogen-bond donors (Lipinski definition) is 0. The summed E-state index contributed by atoms with van der Waals surface area (Å²) < 4.78 is 28.1. The summed E-state index contributed by atoms with van der Waals surface area (Å²) in [5.41, 5.74) is -0.433. The normalized spacial score (nSPS) is 31.0. The molecule has 0 radical (unpaired) electrons. The molecule has 0 aliphatic carbocycles. The highest BCUT2D eigenvalue weighted by Crippen LogP contribution is 2.35. The van der Waals surface area contributed by atoms with Crippen molar-refractivity contribution in [2.24, 2.45) is 10.8 Å². The Morgan fingerprint density at radius 2 is 1.00 bits per heavy atom. The van der Waals surface area contributed by atoms with Crippen molar-refractivity contribution in [3.05, 3.63) is 71.8 Å². The maximum Gasteiger partial charge on any atom is 0.324 e. The number of benzene rings is 2. The number of rotatable bonds is 4. The summed E-state index contributed by atoms with van der Waals surface area (Å²) in [5, 5.41) is 0. The number of ether oxygens (including phenoxy) is 5. The third-order valence-corrected chi connectivity index (χ3v) is 5.53. The molecule has 0 unspecified atom stereocenters. The van der Waals surface area contributed by atoms with Gasteiger partial charge in [0.15, 0.2) is 12.6 Å². The van der Waals surface area contributed by atoms with E-state index >= 15 is 0 Å². The van der Waals surface area contributed by atoms with Crippen LogP contribution in [0.2, 0.25) is 0 Å². The van der Waals surface area contributed by atoms with Gasteiger partial charge in [-0.2, -0.15) is 0 Å². The zero-order valence-corrected chi connectivity index (χ0v) is 17.6. The van der Waals surface area contributed by atoms with Gasteiger partial charge in [-0.1, -0.05) is 60.7 Å². The summed E-state index contributed by atoms with van der Waals surface area (Å²) in [4.78, 5) is 25.5. The molecule has 0 bridgehead atoms. The first-order valence-corrected chi connectivity index (χ1v) is 10.2. The molecule has 2 aromatic carbocycles. The Labute approximate surface area is 181 Å². The van der Waals surface area contributed by atoms with E-state index in [0.29, 0.717) is 0 Å². The average Bonchev–Trinajstić information content (AvgIpc) is 2.81. The van der Waals surface area contributed by atoms with Crippen molar-refractivity contribution in [3.63, 3.8) is 0 Å². The van der Waals surface area contributed by atoms with Gasteiger partial charge in [-0.05, 0) is 13.8 Å². The predicted octanol–water partition coefficient (Wildman–Crippen LogP) is 3.56. The molecule has 2 saturated heterocycles. The largest absolute Gasteiger partial charge is 0.392 e. The molecule has 0 aromatic heterocycles. The number of carbonyl (C=O) groups is 2. The lowest BCUT2D eigenvalue weighted by Gasteiger charge is -2.37. The molecule has 0 saturated carbocycles. The molecule has 2 heterocycles. The minimum absolute atomic E-state index is 0.0818. The van der Waals surface area contributed by atoms with Gasteiger partial charge in [-0.3, -0.25) is 9.59 Å². The first-order valence-electron chi connectivity index (χ1n) is 10.2. The van der Waals surface area contributed by atoms with Crippen LogP contribution in [-0.2, 0) is 33.3 Å². The van der Waals surface area contributed by atoms with Gasteiger partial charge in [0, 0.05) is 11.1 Å². The summed E-state index contributed by atoms with van der Waals surface area (Å²) in [7, 11) is 0. The molecule has 2 aliphatic heterocycles. The van der Waals surface area contributed by atoms with E-state index in [2.05, 4.69) is 0 Å². The fraction of sp³-hybridized carbons (Fsp3) is 0.417. The Hall–Kier alpha value is -2.58. The molecule has 0 atom stereocenters. The first kappa shape index (κ1) is 21.6. The van der Waals surface area contributed by atoms with Crippen molar-refractivity contribution >= 4 is 11.9 Å². The second kappa shape index (κ2) is 8.88. The van der Waals surface area contributed by atoms with Crippen LogP contribution in [0.5, 0.6) is 0 Å². The minimum atomic E-state index is -1.08. The summed E-state index contributed by atoms with van der Waals surface area (Å²) in [6.07, 6.45) is -1.10. The Bertz CT molecular complexity index is 821. The monoisotopic (exact) mass is 426 g/mol. The quantitative estimate of drug-likeness (QED) is 0.546. The molecule has 2 aliphatic rings. The van der Waals surface area contributed by atoms with Gasteiger partial charge in [0.1, 0.15) is 10.8 Å². The van der Waals surface area contributed by atoms with Crippen molar-refractivity contribution in [2.75, 3.05) is 26.4 Å². The molecule has 0 N–H and O–H groups in total. The van der Waals surface area contributed by atoms with Gasteiger partial charge in [-0.15, -0.1) is 0 Å².